The van der Waals surface area contributed by atoms with E-state index in [1.807, 2.05) is 48.5 Å². The summed E-state index contributed by atoms with van der Waals surface area (Å²) in [6, 6.07) is 14.7. The Labute approximate surface area is 129 Å². The molecule has 0 saturated carbocycles. The molecule has 2 rings (SSSR count). The topological polar surface area (TPSA) is 74.6 Å². The van der Waals surface area contributed by atoms with Gasteiger partial charge >= 0.3 is 11.9 Å². The zero-order valence-corrected chi connectivity index (χ0v) is 12.5. The first-order valence-corrected chi connectivity index (χ1v) is 7.06. The number of aliphatic carboxylic acids is 2. The minimum atomic E-state index is -0.847. The second-order valence-corrected chi connectivity index (χ2v) is 5.36. The molecule has 0 saturated heterocycles. The van der Waals surface area contributed by atoms with Crippen molar-refractivity contribution >= 4 is 11.9 Å². The summed E-state index contributed by atoms with van der Waals surface area (Å²) >= 11 is 0. The van der Waals surface area contributed by atoms with Crippen LogP contribution in [0.1, 0.15) is 36.8 Å². The number of hydrogen-bond donors (Lipinski definition) is 2. The molecule has 2 aromatic carbocycles. The Morgan fingerprint density at radius 1 is 0.682 bits per heavy atom. The van der Waals surface area contributed by atoms with E-state index in [-0.39, 0.29) is 0 Å². The number of rotatable bonds is 5. The molecule has 0 heterocycles. The Balaban J connectivity index is 2.22. The fourth-order valence-corrected chi connectivity index (χ4v) is 2.21. The van der Waals surface area contributed by atoms with Gasteiger partial charge in [-0.1, -0.05) is 48.5 Å². The van der Waals surface area contributed by atoms with E-state index in [1.54, 1.807) is 13.8 Å². The Bertz CT molecular complexity index is 610. The number of hydrogen-bond acceptors (Lipinski definition) is 2. The van der Waals surface area contributed by atoms with Crippen LogP contribution in [0.25, 0.3) is 11.1 Å². The van der Waals surface area contributed by atoms with Crippen molar-refractivity contribution in [3.05, 3.63) is 59.7 Å². The van der Waals surface area contributed by atoms with Crippen LogP contribution in [0.3, 0.4) is 0 Å². The Kier molecular flexibility index (Phi) is 4.61. The molecule has 0 bridgehead atoms. The summed E-state index contributed by atoms with van der Waals surface area (Å²) in [6.07, 6.45) is 0. The number of benzene rings is 2. The normalized spacial score (nSPS) is 13.4. The number of carboxylic acid groups (broad SMARTS) is 2. The lowest BCUT2D eigenvalue weighted by atomic mass is 9.95. The van der Waals surface area contributed by atoms with Crippen LogP contribution in [0.4, 0.5) is 0 Å². The summed E-state index contributed by atoms with van der Waals surface area (Å²) in [4.78, 5) is 21.9. The Morgan fingerprint density at radius 3 is 1.18 bits per heavy atom. The number of carboxylic acids is 2. The molecule has 0 spiro atoms. The summed E-state index contributed by atoms with van der Waals surface area (Å²) in [5.74, 6) is -2.76. The van der Waals surface area contributed by atoms with Gasteiger partial charge in [-0.2, -0.15) is 0 Å². The molecule has 0 aliphatic carbocycles. The van der Waals surface area contributed by atoms with E-state index in [0.717, 1.165) is 22.3 Å². The molecule has 2 atom stereocenters. The van der Waals surface area contributed by atoms with Crippen molar-refractivity contribution in [1.29, 1.82) is 0 Å². The molecule has 0 aliphatic rings. The van der Waals surface area contributed by atoms with Gasteiger partial charge in [0, 0.05) is 0 Å². The summed E-state index contributed by atoms with van der Waals surface area (Å²) in [6.45, 7) is 3.30. The lowest BCUT2D eigenvalue weighted by Crippen LogP contribution is -2.07. The van der Waals surface area contributed by atoms with E-state index >= 15 is 0 Å². The second-order valence-electron chi connectivity index (χ2n) is 5.36. The molecule has 0 aromatic heterocycles. The molecule has 22 heavy (non-hydrogen) atoms. The average molecular weight is 298 g/mol. The Hall–Kier alpha value is -2.62. The van der Waals surface area contributed by atoms with E-state index in [2.05, 4.69) is 0 Å². The van der Waals surface area contributed by atoms with Gasteiger partial charge in [0.05, 0.1) is 11.8 Å². The summed E-state index contributed by atoms with van der Waals surface area (Å²) in [5.41, 5.74) is 3.45. The molecular weight excluding hydrogens is 280 g/mol. The molecular formula is C18H18O4. The highest BCUT2D eigenvalue weighted by Crippen LogP contribution is 2.25. The van der Waals surface area contributed by atoms with Gasteiger partial charge in [-0.3, -0.25) is 9.59 Å². The van der Waals surface area contributed by atoms with Crippen LogP contribution < -0.4 is 0 Å². The largest absolute Gasteiger partial charge is 0.481 e. The first-order valence-electron chi connectivity index (χ1n) is 7.06. The smallest absolute Gasteiger partial charge is 0.310 e. The first-order chi connectivity index (χ1) is 10.4. The van der Waals surface area contributed by atoms with Gasteiger partial charge in [0.25, 0.3) is 0 Å². The maximum absolute atomic E-state index is 11.0. The second kappa shape index (κ2) is 6.43. The molecule has 4 nitrogen and oxygen atoms in total. The molecule has 114 valence electrons. The standard InChI is InChI=1S/C18H18O4/c1-11(17(19)20)13-3-7-15(8-4-13)16-9-5-14(6-10-16)12(2)18(21)22/h3-12H,1-2H3,(H,19,20)(H,21,22). The third kappa shape index (κ3) is 3.34. The van der Waals surface area contributed by atoms with Gasteiger partial charge in [0.1, 0.15) is 0 Å². The SMILES string of the molecule is CC(C(=O)O)c1ccc(-c2ccc(C(C)C(=O)O)cc2)cc1. The minimum absolute atomic E-state index is 0.534. The molecule has 4 heteroatoms. The van der Waals surface area contributed by atoms with Crippen LogP contribution in [0, 0.1) is 0 Å². The first kappa shape index (κ1) is 15.8. The van der Waals surface area contributed by atoms with Crippen LogP contribution in [0.15, 0.2) is 48.5 Å². The molecule has 2 aromatic rings. The summed E-state index contributed by atoms with van der Waals surface area (Å²) < 4.78 is 0. The third-order valence-electron chi connectivity index (χ3n) is 3.90. The number of carbonyl (C=O) groups is 2. The van der Waals surface area contributed by atoms with E-state index in [4.69, 9.17) is 10.2 Å². The molecule has 0 fully saturated rings. The monoisotopic (exact) mass is 298 g/mol. The highest BCUT2D eigenvalue weighted by molar-refractivity contribution is 5.77. The molecule has 2 unspecified atom stereocenters. The summed E-state index contributed by atoms with van der Waals surface area (Å²) in [7, 11) is 0. The van der Waals surface area contributed by atoms with Crippen LogP contribution in [0.2, 0.25) is 0 Å². The Morgan fingerprint density at radius 2 is 0.955 bits per heavy atom. The quantitative estimate of drug-likeness (QED) is 0.882. The van der Waals surface area contributed by atoms with Crippen LogP contribution in [-0.4, -0.2) is 22.2 Å². The van der Waals surface area contributed by atoms with Gasteiger partial charge in [-0.05, 0) is 36.1 Å². The van der Waals surface area contributed by atoms with Gasteiger partial charge in [-0.25, -0.2) is 0 Å². The van der Waals surface area contributed by atoms with Crippen molar-refractivity contribution in [2.24, 2.45) is 0 Å². The molecule has 0 aliphatic heterocycles. The van der Waals surface area contributed by atoms with Gasteiger partial charge in [0.2, 0.25) is 0 Å². The van der Waals surface area contributed by atoms with Gasteiger partial charge in [0.15, 0.2) is 0 Å². The van der Waals surface area contributed by atoms with Crippen LogP contribution in [-0.2, 0) is 9.59 Å². The maximum atomic E-state index is 11.0. The van der Waals surface area contributed by atoms with Crippen molar-refractivity contribution in [3.63, 3.8) is 0 Å². The van der Waals surface area contributed by atoms with Gasteiger partial charge in [-0.15, -0.1) is 0 Å². The fourth-order valence-electron chi connectivity index (χ4n) is 2.21. The highest BCUT2D eigenvalue weighted by Gasteiger charge is 2.14. The molecule has 2 N–H and O–H groups in total. The van der Waals surface area contributed by atoms with Crippen molar-refractivity contribution in [3.8, 4) is 11.1 Å². The molecule has 0 radical (unpaired) electrons. The van der Waals surface area contributed by atoms with Crippen molar-refractivity contribution < 1.29 is 19.8 Å². The zero-order valence-electron chi connectivity index (χ0n) is 12.5. The van der Waals surface area contributed by atoms with E-state index in [1.165, 1.54) is 0 Å². The average Bonchev–Trinajstić information content (AvgIpc) is 2.53. The van der Waals surface area contributed by atoms with Crippen LogP contribution in [0.5, 0.6) is 0 Å². The zero-order chi connectivity index (χ0) is 16.3. The highest BCUT2D eigenvalue weighted by atomic mass is 16.4. The van der Waals surface area contributed by atoms with Crippen molar-refractivity contribution in [1.82, 2.24) is 0 Å². The third-order valence-corrected chi connectivity index (χ3v) is 3.90. The van der Waals surface area contributed by atoms with Crippen molar-refractivity contribution in [2.45, 2.75) is 25.7 Å². The summed E-state index contributed by atoms with van der Waals surface area (Å²) in [5, 5.41) is 18.0. The minimum Gasteiger partial charge on any atom is -0.481 e. The lowest BCUT2D eigenvalue weighted by molar-refractivity contribution is -0.139. The van der Waals surface area contributed by atoms with Gasteiger partial charge < -0.3 is 10.2 Å². The van der Waals surface area contributed by atoms with Crippen molar-refractivity contribution in [2.75, 3.05) is 0 Å². The predicted molar refractivity (Wildman–Crippen MR) is 84.0 cm³/mol. The fraction of sp³-hybridized carbons (Fsp3) is 0.222. The predicted octanol–water partition coefficient (Wildman–Crippen LogP) is 3.73. The maximum Gasteiger partial charge on any atom is 0.310 e. The lowest BCUT2D eigenvalue weighted by Gasteiger charge is -2.10. The van der Waals surface area contributed by atoms with E-state index in [0.29, 0.717) is 0 Å². The van der Waals surface area contributed by atoms with Crippen LogP contribution >= 0.6 is 0 Å². The van der Waals surface area contributed by atoms with E-state index in [9.17, 15) is 9.59 Å². The van der Waals surface area contributed by atoms with E-state index < -0.39 is 23.8 Å². The molecule has 0 amide bonds.